The van der Waals surface area contributed by atoms with E-state index >= 15 is 0 Å². The van der Waals surface area contributed by atoms with Crippen molar-refractivity contribution in [2.45, 2.75) is 37.4 Å². The van der Waals surface area contributed by atoms with Gasteiger partial charge in [0.2, 0.25) is 5.91 Å². The summed E-state index contributed by atoms with van der Waals surface area (Å²) in [7, 11) is 0. The minimum Gasteiger partial charge on any atom is -0.381 e. The van der Waals surface area contributed by atoms with Gasteiger partial charge in [-0.15, -0.1) is 0 Å². The number of benzene rings is 1. The van der Waals surface area contributed by atoms with Crippen molar-refractivity contribution >= 4 is 5.91 Å². The molecule has 1 aromatic carbocycles. The molecule has 0 aliphatic carbocycles. The van der Waals surface area contributed by atoms with Gasteiger partial charge in [-0.1, -0.05) is 30.3 Å². The molecule has 0 atom stereocenters. The Labute approximate surface area is 167 Å². The van der Waals surface area contributed by atoms with Crippen molar-refractivity contribution in [2.75, 3.05) is 52.6 Å². The third-order valence-electron chi connectivity index (χ3n) is 6.49. The second-order valence-corrected chi connectivity index (χ2v) is 8.26. The van der Waals surface area contributed by atoms with Gasteiger partial charge in [0.1, 0.15) is 0 Å². The molecular formula is C22H32N2O4. The first kappa shape index (κ1) is 19.8. The number of amides is 1. The summed E-state index contributed by atoms with van der Waals surface area (Å²) in [4.78, 5) is 14.9. The first-order valence-electron chi connectivity index (χ1n) is 10.6. The smallest absolute Gasteiger partial charge is 0.234 e. The molecule has 1 amide bonds. The monoisotopic (exact) mass is 388 g/mol. The number of rotatable bonds is 6. The van der Waals surface area contributed by atoms with Crippen molar-refractivity contribution in [1.82, 2.24) is 10.2 Å². The molecule has 0 saturated carbocycles. The van der Waals surface area contributed by atoms with E-state index in [4.69, 9.17) is 14.2 Å². The van der Waals surface area contributed by atoms with E-state index in [0.717, 1.165) is 52.0 Å². The Hall–Kier alpha value is -1.47. The molecule has 1 N–H and O–H groups in total. The number of ether oxygens (including phenoxy) is 3. The Morgan fingerprint density at radius 3 is 2.39 bits per heavy atom. The molecule has 0 radical (unpaired) electrons. The SMILES string of the molecule is O=C(CN1CCC(C2OCCO2)CC1)NCC1(c2ccccc2)CCOCC1. The molecule has 3 saturated heterocycles. The van der Waals surface area contributed by atoms with Crippen LogP contribution in [-0.4, -0.2) is 69.7 Å². The summed E-state index contributed by atoms with van der Waals surface area (Å²) >= 11 is 0. The van der Waals surface area contributed by atoms with Crippen LogP contribution in [0.2, 0.25) is 0 Å². The summed E-state index contributed by atoms with van der Waals surface area (Å²) in [5.74, 6) is 0.582. The molecule has 6 nitrogen and oxygen atoms in total. The van der Waals surface area contributed by atoms with Crippen LogP contribution in [0, 0.1) is 5.92 Å². The lowest BCUT2D eigenvalue weighted by Crippen LogP contribution is -2.48. The highest BCUT2D eigenvalue weighted by molar-refractivity contribution is 5.78. The van der Waals surface area contributed by atoms with Gasteiger partial charge < -0.3 is 19.5 Å². The fourth-order valence-electron chi connectivity index (χ4n) is 4.68. The van der Waals surface area contributed by atoms with E-state index in [2.05, 4.69) is 34.5 Å². The van der Waals surface area contributed by atoms with Gasteiger partial charge in [-0.3, -0.25) is 9.69 Å². The fraction of sp³-hybridized carbons (Fsp3) is 0.682. The molecule has 3 heterocycles. The van der Waals surface area contributed by atoms with Crippen molar-refractivity contribution in [3.63, 3.8) is 0 Å². The molecule has 3 aliphatic rings. The van der Waals surface area contributed by atoms with Crippen molar-refractivity contribution in [3.05, 3.63) is 35.9 Å². The molecule has 1 aromatic rings. The second-order valence-electron chi connectivity index (χ2n) is 8.26. The minimum atomic E-state index is -0.0322. The molecule has 28 heavy (non-hydrogen) atoms. The second kappa shape index (κ2) is 9.35. The van der Waals surface area contributed by atoms with Gasteiger partial charge >= 0.3 is 0 Å². The van der Waals surface area contributed by atoms with Crippen molar-refractivity contribution in [3.8, 4) is 0 Å². The highest BCUT2D eigenvalue weighted by Crippen LogP contribution is 2.34. The van der Waals surface area contributed by atoms with E-state index in [9.17, 15) is 4.79 Å². The number of nitrogens with zero attached hydrogens (tertiary/aromatic N) is 1. The maximum atomic E-state index is 12.6. The summed E-state index contributed by atoms with van der Waals surface area (Å²) < 4.78 is 16.9. The van der Waals surface area contributed by atoms with E-state index in [1.54, 1.807) is 0 Å². The number of nitrogens with one attached hydrogen (secondary N) is 1. The molecule has 0 bridgehead atoms. The summed E-state index contributed by atoms with van der Waals surface area (Å²) in [5, 5.41) is 3.22. The van der Waals surface area contributed by atoms with Gasteiger partial charge in [0, 0.05) is 31.1 Å². The quantitative estimate of drug-likeness (QED) is 0.807. The maximum Gasteiger partial charge on any atom is 0.234 e. The number of piperidine rings is 1. The van der Waals surface area contributed by atoms with Crippen LogP contribution in [0.3, 0.4) is 0 Å². The number of carbonyl (C=O) groups is 1. The topological polar surface area (TPSA) is 60.0 Å². The van der Waals surface area contributed by atoms with E-state index in [1.807, 2.05) is 6.07 Å². The van der Waals surface area contributed by atoms with Crippen LogP contribution in [0.5, 0.6) is 0 Å². The average molecular weight is 389 g/mol. The lowest BCUT2D eigenvalue weighted by molar-refractivity contribution is -0.124. The molecule has 4 rings (SSSR count). The summed E-state index contributed by atoms with van der Waals surface area (Å²) in [6.07, 6.45) is 3.93. The van der Waals surface area contributed by atoms with Crippen LogP contribution < -0.4 is 5.32 Å². The molecule has 6 heteroatoms. The van der Waals surface area contributed by atoms with Gasteiger partial charge in [-0.05, 0) is 44.3 Å². The number of hydrogen-bond acceptors (Lipinski definition) is 5. The number of carbonyl (C=O) groups excluding carboxylic acids is 1. The van der Waals surface area contributed by atoms with E-state index in [1.165, 1.54) is 5.56 Å². The lowest BCUT2D eigenvalue weighted by atomic mass is 9.74. The third-order valence-corrected chi connectivity index (χ3v) is 6.49. The molecule has 0 unspecified atom stereocenters. The zero-order chi connectivity index (χ0) is 19.2. The van der Waals surface area contributed by atoms with Crippen LogP contribution in [0.15, 0.2) is 30.3 Å². The molecular weight excluding hydrogens is 356 g/mol. The van der Waals surface area contributed by atoms with E-state index < -0.39 is 0 Å². The predicted octanol–water partition coefficient (Wildman–Crippen LogP) is 1.94. The first-order valence-corrected chi connectivity index (χ1v) is 10.6. The van der Waals surface area contributed by atoms with Crippen LogP contribution >= 0.6 is 0 Å². The zero-order valence-corrected chi connectivity index (χ0v) is 16.6. The standard InChI is InChI=1S/C22H32N2O4/c25-20(16-24-10-6-18(7-11-24)21-27-14-15-28-21)23-17-22(8-12-26-13-9-22)19-4-2-1-3-5-19/h1-5,18,21H,6-17H2,(H,23,25). The molecule has 3 fully saturated rings. The predicted molar refractivity (Wildman–Crippen MR) is 106 cm³/mol. The Morgan fingerprint density at radius 1 is 1.04 bits per heavy atom. The third kappa shape index (κ3) is 4.74. The van der Waals surface area contributed by atoms with E-state index in [-0.39, 0.29) is 17.6 Å². The summed E-state index contributed by atoms with van der Waals surface area (Å²) in [6.45, 7) is 5.94. The van der Waals surface area contributed by atoms with Crippen molar-refractivity contribution in [2.24, 2.45) is 5.92 Å². The van der Waals surface area contributed by atoms with Crippen LogP contribution in [-0.2, 0) is 24.4 Å². The number of likely N-dealkylation sites (tertiary alicyclic amines) is 1. The van der Waals surface area contributed by atoms with Crippen molar-refractivity contribution in [1.29, 1.82) is 0 Å². The Balaban J connectivity index is 1.26. The largest absolute Gasteiger partial charge is 0.381 e. The highest BCUT2D eigenvalue weighted by atomic mass is 16.7. The molecule has 3 aliphatic heterocycles. The van der Waals surface area contributed by atoms with Crippen LogP contribution in [0.4, 0.5) is 0 Å². The molecule has 154 valence electrons. The Morgan fingerprint density at radius 2 is 1.71 bits per heavy atom. The fourth-order valence-corrected chi connectivity index (χ4v) is 4.68. The minimum absolute atomic E-state index is 0.0146. The normalized spacial score (nSPS) is 24.3. The van der Waals surface area contributed by atoms with Gasteiger partial charge in [0.15, 0.2) is 6.29 Å². The number of hydrogen-bond donors (Lipinski definition) is 1. The summed E-state index contributed by atoms with van der Waals surface area (Å²) in [6, 6.07) is 10.6. The highest BCUT2D eigenvalue weighted by Gasteiger charge is 2.35. The van der Waals surface area contributed by atoms with Gasteiger partial charge in [-0.2, -0.15) is 0 Å². The molecule has 0 aromatic heterocycles. The first-order chi connectivity index (χ1) is 13.8. The van der Waals surface area contributed by atoms with Gasteiger partial charge in [0.05, 0.1) is 19.8 Å². The van der Waals surface area contributed by atoms with Crippen LogP contribution in [0.1, 0.15) is 31.2 Å². The van der Waals surface area contributed by atoms with Gasteiger partial charge in [0.25, 0.3) is 0 Å². The van der Waals surface area contributed by atoms with E-state index in [0.29, 0.717) is 32.2 Å². The molecule has 0 spiro atoms. The van der Waals surface area contributed by atoms with Crippen LogP contribution in [0.25, 0.3) is 0 Å². The summed E-state index contributed by atoms with van der Waals surface area (Å²) in [5.41, 5.74) is 1.29. The van der Waals surface area contributed by atoms with Gasteiger partial charge in [-0.25, -0.2) is 0 Å². The zero-order valence-electron chi connectivity index (χ0n) is 16.6. The van der Waals surface area contributed by atoms with Crippen molar-refractivity contribution < 1.29 is 19.0 Å². The maximum absolute atomic E-state index is 12.6. The lowest BCUT2D eigenvalue weighted by Gasteiger charge is -2.38. The Kier molecular flexibility index (Phi) is 6.62. The average Bonchev–Trinajstić information content (AvgIpc) is 3.29. The Bertz CT molecular complexity index is 619.